The standard InChI is InChI=1S/C13H15N3O2S/c1-2-10(11-4-3-5-19-11)16-12-9(13(17)18)6-8(14)7-15-12/h3-7,10H,2,14H2,1H3,(H,15,16)(H,17,18). The van der Waals surface area contributed by atoms with E-state index in [4.69, 9.17) is 5.73 Å². The smallest absolute Gasteiger partial charge is 0.339 e. The summed E-state index contributed by atoms with van der Waals surface area (Å²) in [5.74, 6) is -0.690. The van der Waals surface area contributed by atoms with Gasteiger partial charge in [0.25, 0.3) is 0 Å². The van der Waals surface area contributed by atoms with E-state index in [2.05, 4.69) is 10.3 Å². The third kappa shape index (κ3) is 3.03. The number of nitrogen functional groups attached to an aromatic ring is 1. The summed E-state index contributed by atoms with van der Waals surface area (Å²) in [5, 5.41) is 14.3. The largest absolute Gasteiger partial charge is 0.478 e. The molecule has 0 aliphatic rings. The van der Waals surface area contributed by atoms with Gasteiger partial charge in [-0.1, -0.05) is 13.0 Å². The first-order valence-corrected chi connectivity index (χ1v) is 6.78. The lowest BCUT2D eigenvalue weighted by molar-refractivity contribution is 0.0697. The molecule has 4 N–H and O–H groups in total. The number of carboxylic acids is 1. The molecule has 19 heavy (non-hydrogen) atoms. The molecular formula is C13H15N3O2S. The molecular weight excluding hydrogens is 262 g/mol. The topological polar surface area (TPSA) is 88.2 Å². The highest BCUT2D eigenvalue weighted by atomic mass is 32.1. The summed E-state index contributed by atoms with van der Waals surface area (Å²) in [6.45, 7) is 2.04. The second-order valence-corrected chi connectivity index (χ2v) is 5.07. The van der Waals surface area contributed by atoms with Gasteiger partial charge in [0.1, 0.15) is 11.4 Å². The van der Waals surface area contributed by atoms with Gasteiger partial charge in [-0.05, 0) is 23.9 Å². The van der Waals surface area contributed by atoms with E-state index in [1.54, 1.807) is 11.3 Å². The zero-order valence-electron chi connectivity index (χ0n) is 10.5. The zero-order chi connectivity index (χ0) is 13.8. The van der Waals surface area contributed by atoms with Crippen LogP contribution in [0.4, 0.5) is 11.5 Å². The summed E-state index contributed by atoms with van der Waals surface area (Å²) in [7, 11) is 0. The van der Waals surface area contributed by atoms with Crippen molar-refractivity contribution in [3.8, 4) is 0 Å². The Morgan fingerprint density at radius 3 is 3.00 bits per heavy atom. The van der Waals surface area contributed by atoms with E-state index in [0.29, 0.717) is 11.5 Å². The lowest BCUT2D eigenvalue weighted by Gasteiger charge is -2.17. The molecule has 0 bridgehead atoms. The number of hydrogen-bond acceptors (Lipinski definition) is 5. The van der Waals surface area contributed by atoms with Gasteiger partial charge in [-0.15, -0.1) is 11.3 Å². The van der Waals surface area contributed by atoms with Crippen LogP contribution in [0.2, 0.25) is 0 Å². The Hall–Kier alpha value is -2.08. The minimum absolute atomic E-state index is 0.0502. The van der Waals surface area contributed by atoms with E-state index < -0.39 is 5.97 Å². The fourth-order valence-corrected chi connectivity index (χ4v) is 2.65. The summed E-state index contributed by atoms with van der Waals surface area (Å²) < 4.78 is 0. The Morgan fingerprint density at radius 1 is 1.63 bits per heavy atom. The predicted molar refractivity (Wildman–Crippen MR) is 76.6 cm³/mol. The van der Waals surface area contributed by atoms with E-state index in [-0.39, 0.29) is 11.6 Å². The number of nitrogens with one attached hydrogen (secondary N) is 1. The fraction of sp³-hybridized carbons (Fsp3) is 0.231. The van der Waals surface area contributed by atoms with Crippen LogP contribution in [0, 0.1) is 0 Å². The first kappa shape index (κ1) is 13.4. The number of carboxylic acid groups (broad SMARTS) is 1. The van der Waals surface area contributed by atoms with Crippen LogP contribution in [-0.4, -0.2) is 16.1 Å². The molecule has 2 rings (SSSR count). The Morgan fingerprint density at radius 2 is 2.42 bits per heavy atom. The third-order valence-corrected chi connectivity index (χ3v) is 3.73. The van der Waals surface area contributed by atoms with Gasteiger partial charge in [0.15, 0.2) is 0 Å². The molecule has 100 valence electrons. The first-order valence-electron chi connectivity index (χ1n) is 5.90. The van der Waals surface area contributed by atoms with Crippen LogP contribution in [-0.2, 0) is 0 Å². The van der Waals surface area contributed by atoms with Crippen LogP contribution < -0.4 is 11.1 Å². The van der Waals surface area contributed by atoms with Crippen molar-refractivity contribution < 1.29 is 9.90 Å². The van der Waals surface area contributed by atoms with Gasteiger partial charge < -0.3 is 16.2 Å². The van der Waals surface area contributed by atoms with Crippen LogP contribution >= 0.6 is 11.3 Å². The van der Waals surface area contributed by atoms with Crippen LogP contribution in [0.3, 0.4) is 0 Å². The number of pyridine rings is 1. The highest BCUT2D eigenvalue weighted by molar-refractivity contribution is 7.10. The molecule has 2 aromatic rings. The summed E-state index contributed by atoms with van der Waals surface area (Å²) in [6.07, 6.45) is 2.29. The van der Waals surface area contributed by atoms with Crippen LogP contribution in [0.15, 0.2) is 29.8 Å². The van der Waals surface area contributed by atoms with Gasteiger partial charge in [0, 0.05) is 4.88 Å². The number of aromatic carboxylic acids is 1. The Balaban J connectivity index is 2.29. The highest BCUT2D eigenvalue weighted by Crippen LogP contribution is 2.27. The van der Waals surface area contributed by atoms with Crippen molar-refractivity contribution in [3.63, 3.8) is 0 Å². The summed E-state index contributed by atoms with van der Waals surface area (Å²) in [4.78, 5) is 16.4. The number of anilines is 2. The quantitative estimate of drug-likeness (QED) is 0.782. The maximum atomic E-state index is 11.2. The number of nitrogens with zero attached hydrogens (tertiary/aromatic N) is 1. The molecule has 0 saturated heterocycles. The second kappa shape index (κ2) is 5.71. The molecule has 0 aliphatic carbocycles. The molecule has 0 fully saturated rings. The number of rotatable bonds is 5. The van der Waals surface area contributed by atoms with Gasteiger partial charge in [-0.3, -0.25) is 0 Å². The lowest BCUT2D eigenvalue weighted by atomic mass is 10.1. The molecule has 5 nitrogen and oxygen atoms in total. The third-order valence-electron chi connectivity index (χ3n) is 2.75. The van der Waals surface area contributed by atoms with Crippen molar-refractivity contribution in [2.45, 2.75) is 19.4 Å². The van der Waals surface area contributed by atoms with E-state index in [1.165, 1.54) is 12.3 Å². The van der Waals surface area contributed by atoms with E-state index >= 15 is 0 Å². The summed E-state index contributed by atoms with van der Waals surface area (Å²) >= 11 is 1.63. The van der Waals surface area contributed by atoms with Crippen molar-refractivity contribution in [3.05, 3.63) is 40.2 Å². The van der Waals surface area contributed by atoms with Gasteiger partial charge in [0.2, 0.25) is 0 Å². The van der Waals surface area contributed by atoms with Crippen LogP contribution in [0.5, 0.6) is 0 Å². The van der Waals surface area contributed by atoms with Crippen molar-refractivity contribution in [2.24, 2.45) is 0 Å². The first-order chi connectivity index (χ1) is 9.11. The molecule has 6 heteroatoms. The summed E-state index contributed by atoms with van der Waals surface area (Å²) in [5.41, 5.74) is 6.00. The van der Waals surface area contributed by atoms with Gasteiger partial charge in [-0.2, -0.15) is 0 Å². The summed E-state index contributed by atoms with van der Waals surface area (Å²) in [6, 6.07) is 5.45. The van der Waals surface area contributed by atoms with Crippen LogP contribution in [0.25, 0.3) is 0 Å². The Bertz CT molecular complexity index is 569. The number of hydrogen-bond donors (Lipinski definition) is 3. The number of carbonyl (C=O) groups is 1. The molecule has 0 aromatic carbocycles. The van der Waals surface area contributed by atoms with Crippen molar-refractivity contribution in [1.29, 1.82) is 0 Å². The minimum Gasteiger partial charge on any atom is -0.478 e. The van der Waals surface area contributed by atoms with Gasteiger partial charge in [-0.25, -0.2) is 9.78 Å². The van der Waals surface area contributed by atoms with E-state index in [9.17, 15) is 9.90 Å². The second-order valence-electron chi connectivity index (χ2n) is 4.09. The highest BCUT2D eigenvalue weighted by Gasteiger charge is 2.16. The number of nitrogens with two attached hydrogens (primary N) is 1. The van der Waals surface area contributed by atoms with Crippen LogP contribution in [0.1, 0.15) is 34.6 Å². The average molecular weight is 277 g/mol. The Kier molecular flexibility index (Phi) is 4.01. The molecule has 0 amide bonds. The SMILES string of the molecule is CCC(Nc1ncc(N)cc1C(=O)O)c1cccs1. The lowest BCUT2D eigenvalue weighted by Crippen LogP contribution is -2.13. The van der Waals surface area contributed by atoms with Crippen molar-refractivity contribution >= 4 is 28.8 Å². The molecule has 2 aromatic heterocycles. The molecule has 0 saturated carbocycles. The fourth-order valence-electron chi connectivity index (χ4n) is 1.79. The maximum Gasteiger partial charge on any atom is 0.339 e. The van der Waals surface area contributed by atoms with Gasteiger partial charge in [0.05, 0.1) is 17.9 Å². The monoisotopic (exact) mass is 277 g/mol. The van der Waals surface area contributed by atoms with Gasteiger partial charge >= 0.3 is 5.97 Å². The molecule has 2 heterocycles. The van der Waals surface area contributed by atoms with Crippen molar-refractivity contribution in [2.75, 3.05) is 11.1 Å². The van der Waals surface area contributed by atoms with Crippen molar-refractivity contribution in [1.82, 2.24) is 4.98 Å². The average Bonchev–Trinajstić information content (AvgIpc) is 2.90. The predicted octanol–water partition coefficient (Wildman–Crippen LogP) is 2.99. The zero-order valence-corrected chi connectivity index (χ0v) is 11.3. The normalized spacial score (nSPS) is 12.1. The van der Waals surface area contributed by atoms with E-state index in [1.807, 2.05) is 24.4 Å². The molecule has 1 atom stereocenters. The minimum atomic E-state index is -1.04. The Labute approximate surface area is 115 Å². The molecule has 1 unspecified atom stereocenters. The number of aromatic nitrogens is 1. The molecule has 0 spiro atoms. The molecule has 0 radical (unpaired) electrons. The number of thiophene rings is 1. The molecule has 0 aliphatic heterocycles. The maximum absolute atomic E-state index is 11.2. The van der Waals surface area contributed by atoms with E-state index in [0.717, 1.165) is 11.3 Å².